The lowest BCUT2D eigenvalue weighted by Crippen LogP contribution is -2.62. The minimum Gasteiger partial charge on any atom is -0.361 e. The maximum Gasteiger partial charge on any atom is 0.254 e. The SMILES string of the molecule is CCNC(=O)C1(Cc2ccccc2-c2ccncc2)CN(C(=O)CC)CCO1. The quantitative estimate of drug-likeness (QED) is 0.834. The van der Waals surface area contributed by atoms with Crippen LogP contribution in [0.3, 0.4) is 0 Å². The zero-order valence-corrected chi connectivity index (χ0v) is 16.5. The highest BCUT2D eigenvalue weighted by Crippen LogP contribution is 2.30. The Bertz CT molecular complexity index is 825. The Hall–Kier alpha value is -2.73. The van der Waals surface area contributed by atoms with Crippen molar-refractivity contribution >= 4 is 11.8 Å². The van der Waals surface area contributed by atoms with E-state index in [0.717, 1.165) is 16.7 Å². The molecule has 1 atom stereocenters. The Morgan fingerprint density at radius 3 is 2.64 bits per heavy atom. The number of aromatic nitrogens is 1. The van der Waals surface area contributed by atoms with E-state index in [-0.39, 0.29) is 18.4 Å². The highest BCUT2D eigenvalue weighted by molar-refractivity contribution is 5.87. The standard InChI is InChI=1S/C22H27N3O3/c1-3-20(26)25-13-14-28-22(16-25,21(27)24-4-2)15-18-7-5-6-8-19(18)17-9-11-23-12-10-17/h5-12H,3-4,13-16H2,1-2H3,(H,24,27). The van der Waals surface area contributed by atoms with E-state index in [1.54, 1.807) is 17.3 Å². The Balaban J connectivity index is 1.97. The summed E-state index contributed by atoms with van der Waals surface area (Å²) >= 11 is 0. The Morgan fingerprint density at radius 1 is 1.18 bits per heavy atom. The fraction of sp³-hybridized carbons (Fsp3) is 0.409. The Kier molecular flexibility index (Phi) is 6.41. The molecule has 1 aromatic carbocycles. The van der Waals surface area contributed by atoms with Crippen molar-refractivity contribution < 1.29 is 14.3 Å². The van der Waals surface area contributed by atoms with E-state index in [9.17, 15) is 9.59 Å². The molecule has 6 nitrogen and oxygen atoms in total. The van der Waals surface area contributed by atoms with Crippen molar-refractivity contribution in [3.63, 3.8) is 0 Å². The summed E-state index contributed by atoms with van der Waals surface area (Å²) in [6.07, 6.45) is 4.32. The number of nitrogens with zero attached hydrogens (tertiary/aromatic N) is 2. The fourth-order valence-corrected chi connectivity index (χ4v) is 3.66. The van der Waals surface area contributed by atoms with Gasteiger partial charge in [0.25, 0.3) is 5.91 Å². The number of amides is 2. The molecule has 2 heterocycles. The smallest absolute Gasteiger partial charge is 0.254 e. The summed E-state index contributed by atoms with van der Waals surface area (Å²) < 4.78 is 6.08. The molecule has 1 unspecified atom stereocenters. The average molecular weight is 381 g/mol. The molecule has 1 aliphatic heterocycles. The molecule has 148 valence electrons. The van der Waals surface area contributed by atoms with Gasteiger partial charge in [0.2, 0.25) is 5.91 Å². The van der Waals surface area contributed by atoms with Crippen LogP contribution in [-0.4, -0.2) is 53.5 Å². The number of hydrogen-bond acceptors (Lipinski definition) is 4. The van der Waals surface area contributed by atoms with Crippen LogP contribution in [0.1, 0.15) is 25.8 Å². The van der Waals surface area contributed by atoms with Gasteiger partial charge in [-0.15, -0.1) is 0 Å². The van der Waals surface area contributed by atoms with Gasteiger partial charge in [0.15, 0.2) is 5.60 Å². The number of benzene rings is 1. The maximum atomic E-state index is 13.0. The van der Waals surface area contributed by atoms with E-state index in [4.69, 9.17) is 4.74 Å². The second kappa shape index (κ2) is 8.97. The molecule has 0 aliphatic carbocycles. The first-order chi connectivity index (χ1) is 13.6. The summed E-state index contributed by atoms with van der Waals surface area (Å²) in [5, 5.41) is 2.90. The van der Waals surface area contributed by atoms with Gasteiger partial charge < -0.3 is 15.0 Å². The van der Waals surface area contributed by atoms with Crippen molar-refractivity contribution in [1.82, 2.24) is 15.2 Å². The number of carbonyl (C=O) groups excluding carboxylic acids is 2. The van der Waals surface area contributed by atoms with E-state index < -0.39 is 5.60 Å². The average Bonchev–Trinajstić information content (AvgIpc) is 2.74. The van der Waals surface area contributed by atoms with Crippen LogP contribution in [0.15, 0.2) is 48.8 Å². The molecule has 0 saturated carbocycles. The van der Waals surface area contributed by atoms with Gasteiger partial charge in [-0.2, -0.15) is 0 Å². The van der Waals surface area contributed by atoms with Crippen molar-refractivity contribution in [3.8, 4) is 11.1 Å². The third kappa shape index (κ3) is 4.22. The van der Waals surface area contributed by atoms with Crippen LogP contribution in [0, 0.1) is 0 Å². The molecule has 1 aromatic heterocycles. The van der Waals surface area contributed by atoms with Gasteiger partial charge in [-0.25, -0.2) is 0 Å². The largest absolute Gasteiger partial charge is 0.361 e. The number of pyridine rings is 1. The molecule has 6 heteroatoms. The van der Waals surface area contributed by atoms with Crippen LogP contribution in [0.4, 0.5) is 0 Å². The van der Waals surface area contributed by atoms with E-state index in [1.165, 1.54) is 0 Å². The maximum absolute atomic E-state index is 13.0. The van der Waals surface area contributed by atoms with Crippen molar-refractivity contribution in [2.45, 2.75) is 32.3 Å². The number of carbonyl (C=O) groups is 2. The second-order valence-corrected chi connectivity index (χ2v) is 6.94. The van der Waals surface area contributed by atoms with Crippen molar-refractivity contribution in [2.24, 2.45) is 0 Å². The van der Waals surface area contributed by atoms with Crippen LogP contribution in [0.2, 0.25) is 0 Å². The third-order valence-corrected chi connectivity index (χ3v) is 5.08. The minimum atomic E-state index is -1.10. The number of hydrogen-bond donors (Lipinski definition) is 1. The number of rotatable bonds is 6. The Labute approximate surface area is 165 Å². The predicted molar refractivity (Wildman–Crippen MR) is 108 cm³/mol. The van der Waals surface area contributed by atoms with E-state index in [1.807, 2.05) is 50.2 Å². The third-order valence-electron chi connectivity index (χ3n) is 5.08. The predicted octanol–water partition coefficient (Wildman–Crippen LogP) is 2.43. The molecule has 0 bridgehead atoms. The second-order valence-electron chi connectivity index (χ2n) is 6.94. The fourth-order valence-electron chi connectivity index (χ4n) is 3.66. The minimum absolute atomic E-state index is 0.0411. The summed E-state index contributed by atoms with van der Waals surface area (Å²) in [6, 6.07) is 11.9. The lowest BCUT2D eigenvalue weighted by atomic mass is 9.87. The molecule has 0 spiro atoms. The molecule has 3 rings (SSSR count). The van der Waals surface area contributed by atoms with Crippen molar-refractivity contribution in [3.05, 3.63) is 54.4 Å². The molecule has 2 amide bonds. The van der Waals surface area contributed by atoms with E-state index in [0.29, 0.717) is 32.5 Å². The highest BCUT2D eigenvalue weighted by Gasteiger charge is 2.45. The van der Waals surface area contributed by atoms with Crippen LogP contribution < -0.4 is 5.32 Å². The van der Waals surface area contributed by atoms with Gasteiger partial charge in [-0.1, -0.05) is 31.2 Å². The van der Waals surface area contributed by atoms with Gasteiger partial charge in [-0.3, -0.25) is 14.6 Å². The highest BCUT2D eigenvalue weighted by atomic mass is 16.5. The number of morpholine rings is 1. The summed E-state index contributed by atoms with van der Waals surface area (Å²) in [5.74, 6) is -0.132. The van der Waals surface area contributed by atoms with Crippen LogP contribution >= 0.6 is 0 Å². The van der Waals surface area contributed by atoms with Gasteiger partial charge >= 0.3 is 0 Å². The van der Waals surface area contributed by atoms with Gasteiger partial charge in [0.05, 0.1) is 13.2 Å². The molecule has 0 radical (unpaired) electrons. The first-order valence-electron chi connectivity index (χ1n) is 9.78. The lowest BCUT2D eigenvalue weighted by molar-refractivity contribution is -0.165. The van der Waals surface area contributed by atoms with Crippen molar-refractivity contribution in [2.75, 3.05) is 26.2 Å². The summed E-state index contributed by atoms with van der Waals surface area (Å²) in [7, 11) is 0. The molecular weight excluding hydrogens is 354 g/mol. The van der Waals surface area contributed by atoms with Crippen molar-refractivity contribution in [1.29, 1.82) is 0 Å². The molecule has 2 aromatic rings. The van der Waals surface area contributed by atoms with Gasteiger partial charge in [0.1, 0.15) is 0 Å². The summed E-state index contributed by atoms with van der Waals surface area (Å²) in [6.45, 7) is 5.35. The summed E-state index contributed by atoms with van der Waals surface area (Å²) in [4.78, 5) is 31.2. The number of ether oxygens (including phenoxy) is 1. The zero-order valence-electron chi connectivity index (χ0n) is 16.5. The monoisotopic (exact) mass is 381 g/mol. The van der Waals surface area contributed by atoms with E-state index in [2.05, 4.69) is 10.3 Å². The number of likely N-dealkylation sites (N-methyl/N-ethyl adjacent to an activating group) is 1. The van der Waals surface area contributed by atoms with Gasteiger partial charge in [-0.05, 0) is 35.7 Å². The first kappa shape index (κ1) is 20.0. The molecule has 28 heavy (non-hydrogen) atoms. The number of nitrogens with one attached hydrogen (secondary N) is 1. The van der Waals surface area contributed by atoms with Gasteiger partial charge in [0, 0.05) is 38.3 Å². The van der Waals surface area contributed by atoms with Crippen LogP contribution in [0.25, 0.3) is 11.1 Å². The summed E-state index contributed by atoms with van der Waals surface area (Å²) in [5.41, 5.74) is 1.98. The first-order valence-corrected chi connectivity index (χ1v) is 9.78. The molecule has 1 aliphatic rings. The Morgan fingerprint density at radius 2 is 1.93 bits per heavy atom. The molecular formula is C22H27N3O3. The van der Waals surface area contributed by atoms with E-state index >= 15 is 0 Å². The van der Waals surface area contributed by atoms with Crippen LogP contribution in [-0.2, 0) is 20.7 Å². The topological polar surface area (TPSA) is 71.5 Å². The normalized spacial score (nSPS) is 19.3. The zero-order chi connectivity index (χ0) is 20.0. The lowest BCUT2D eigenvalue weighted by Gasteiger charge is -2.42. The molecule has 1 saturated heterocycles. The molecule has 1 N–H and O–H groups in total. The molecule has 1 fully saturated rings. The van der Waals surface area contributed by atoms with Crippen LogP contribution in [0.5, 0.6) is 0 Å².